The maximum atomic E-state index is 11.5. The number of amides is 3. The molecule has 0 saturated heterocycles. The molecule has 15 heavy (non-hydrogen) atoms. The lowest BCUT2D eigenvalue weighted by Crippen LogP contribution is -2.49. The van der Waals surface area contributed by atoms with Gasteiger partial charge < -0.3 is 11.1 Å². The Morgan fingerprint density at radius 1 is 1.40 bits per heavy atom. The van der Waals surface area contributed by atoms with Crippen LogP contribution in [0.1, 0.15) is 13.8 Å². The summed E-state index contributed by atoms with van der Waals surface area (Å²) in [5, 5.41) is 4.53. The molecule has 0 bridgehead atoms. The number of carbonyl (C=O) groups excluding carboxylic acids is 2. The van der Waals surface area contributed by atoms with Crippen molar-refractivity contribution >= 4 is 11.9 Å². The van der Waals surface area contributed by atoms with Gasteiger partial charge in [-0.25, -0.2) is 4.79 Å². The van der Waals surface area contributed by atoms with Crippen LogP contribution in [0.25, 0.3) is 0 Å². The van der Waals surface area contributed by atoms with Gasteiger partial charge in [0.15, 0.2) is 0 Å². The average Bonchev–Trinajstić information content (AvgIpc) is 2.15. The van der Waals surface area contributed by atoms with Crippen molar-refractivity contribution in [2.75, 3.05) is 20.6 Å². The molecule has 0 aromatic heterocycles. The summed E-state index contributed by atoms with van der Waals surface area (Å²) in [6, 6.07) is -0.889. The van der Waals surface area contributed by atoms with Crippen molar-refractivity contribution in [3.63, 3.8) is 0 Å². The summed E-state index contributed by atoms with van der Waals surface area (Å²) >= 11 is 0. The summed E-state index contributed by atoms with van der Waals surface area (Å²) in [6.07, 6.45) is 0. The monoisotopic (exact) mass is 216 g/mol. The number of urea groups is 1. The number of rotatable bonds is 4. The molecule has 88 valence electrons. The molecule has 2 unspecified atom stereocenters. The highest BCUT2D eigenvalue weighted by molar-refractivity contribution is 5.96. The topological polar surface area (TPSA) is 87.5 Å². The van der Waals surface area contributed by atoms with E-state index in [4.69, 9.17) is 5.73 Å². The summed E-state index contributed by atoms with van der Waals surface area (Å²) in [6.45, 7) is 4.18. The quantitative estimate of drug-likeness (QED) is 0.569. The number of imide groups is 1. The summed E-state index contributed by atoms with van der Waals surface area (Å²) in [5.74, 6) is -0.336. The second kappa shape index (κ2) is 6.36. The van der Waals surface area contributed by atoms with Gasteiger partial charge >= 0.3 is 6.03 Å². The van der Waals surface area contributed by atoms with Gasteiger partial charge in [-0.05, 0) is 20.9 Å². The predicted octanol–water partition coefficient (Wildman–Crippen LogP) is -0.890. The van der Waals surface area contributed by atoms with Crippen LogP contribution in [0.5, 0.6) is 0 Å². The Labute approximate surface area is 90.2 Å². The first kappa shape index (κ1) is 13.9. The Morgan fingerprint density at radius 3 is 2.33 bits per heavy atom. The Bertz CT molecular complexity index is 230. The molecule has 3 amide bonds. The van der Waals surface area contributed by atoms with E-state index >= 15 is 0 Å². The molecule has 0 heterocycles. The molecule has 0 radical (unpaired) electrons. The molecule has 0 aromatic carbocycles. The fourth-order valence-electron chi connectivity index (χ4n) is 1.09. The first-order valence-corrected chi connectivity index (χ1v) is 4.86. The van der Waals surface area contributed by atoms with Crippen molar-refractivity contribution in [2.24, 2.45) is 5.73 Å². The van der Waals surface area contributed by atoms with Crippen molar-refractivity contribution in [3.8, 4) is 0 Å². The molecule has 6 heteroatoms. The lowest BCUT2D eigenvalue weighted by molar-refractivity contribution is -0.124. The molecular weight excluding hydrogens is 196 g/mol. The first-order chi connectivity index (χ1) is 6.88. The third kappa shape index (κ3) is 5.34. The summed E-state index contributed by atoms with van der Waals surface area (Å²) in [7, 11) is 3.25. The van der Waals surface area contributed by atoms with Crippen LogP contribution in [0, 0.1) is 0 Å². The van der Waals surface area contributed by atoms with Gasteiger partial charge in [0.25, 0.3) is 0 Å². The molecule has 0 aliphatic heterocycles. The van der Waals surface area contributed by atoms with E-state index in [1.807, 2.05) is 6.92 Å². The van der Waals surface area contributed by atoms with Gasteiger partial charge in [0, 0.05) is 19.6 Å². The standard InChI is InChI=1S/C9H20N4O2/c1-6(10)5-13(4)7(2)8(14)12-9(15)11-3/h6-7H,5,10H2,1-4H3,(H2,11,12,14,15). The molecule has 6 nitrogen and oxygen atoms in total. The number of nitrogens with zero attached hydrogens (tertiary/aromatic N) is 1. The third-order valence-electron chi connectivity index (χ3n) is 2.08. The van der Waals surface area contributed by atoms with Crippen LogP contribution in [0.15, 0.2) is 0 Å². The summed E-state index contributed by atoms with van der Waals surface area (Å²) in [5.41, 5.74) is 5.61. The molecular formula is C9H20N4O2. The van der Waals surface area contributed by atoms with Crippen molar-refractivity contribution < 1.29 is 9.59 Å². The van der Waals surface area contributed by atoms with Crippen LogP contribution in [0.3, 0.4) is 0 Å². The molecule has 0 spiro atoms. The highest BCUT2D eigenvalue weighted by Gasteiger charge is 2.19. The van der Waals surface area contributed by atoms with Gasteiger partial charge in [-0.15, -0.1) is 0 Å². The van der Waals surface area contributed by atoms with Crippen molar-refractivity contribution in [2.45, 2.75) is 25.9 Å². The highest BCUT2D eigenvalue weighted by Crippen LogP contribution is 1.96. The molecule has 0 rings (SSSR count). The fraction of sp³-hybridized carbons (Fsp3) is 0.778. The molecule has 0 aromatic rings. The molecule has 0 aliphatic carbocycles. The number of hydrogen-bond acceptors (Lipinski definition) is 4. The van der Waals surface area contributed by atoms with Crippen LogP contribution < -0.4 is 16.4 Å². The van der Waals surface area contributed by atoms with E-state index in [0.717, 1.165) is 0 Å². The van der Waals surface area contributed by atoms with E-state index in [2.05, 4.69) is 10.6 Å². The maximum Gasteiger partial charge on any atom is 0.321 e. The first-order valence-electron chi connectivity index (χ1n) is 4.86. The van der Waals surface area contributed by atoms with E-state index in [9.17, 15) is 9.59 Å². The minimum atomic E-state index is -0.499. The third-order valence-corrected chi connectivity index (χ3v) is 2.08. The largest absolute Gasteiger partial charge is 0.341 e. The lowest BCUT2D eigenvalue weighted by Gasteiger charge is -2.24. The Hall–Kier alpha value is -1.14. The van der Waals surface area contributed by atoms with Gasteiger partial charge in [0.2, 0.25) is 5.91 Å². The Kier molecular flexibility index (Phi) is 5.88. The Morgan fingerprint density at radius 2 is 1.93 bits per heavy atom. The van der Waals surface area contributed by atoms with E-state index < -0.39 is 6.03 Å². The van der Waals surface area contributed by atoms with Gasteiger partial charge in [-0.3, -0.25) is 15.0 Å². The average molecular weight is 216 g/mol. The van der Waals surface area contributed by atoms with E-state index in [1.54, 1.807) is 18.9 Å². The minimum Gasteiger partial charge on any atom is -0.341 e. The molecule has 0 fully saturated rings. The van der Waals surface area contributed by atoms with Crippen LogP contribution in [0.4, 0.5) is 4.79 Å². The maximum absolute atomic E-state index is 11.5. The second-order valence-electron chi connectivity index (χ2n) is 3.66. The lowest BCUT2D eigenvalue weighted by atomic mass is 10.2. The smallest absolute Gasteiger partial charge is 0.321 e. The normalized spacial score (nSPS) is 14.5. The van der Waals surface area contributed by atoms with Gasteiger partial charge in [-0.1, -0.05) is 0 Å². The van der Waals surface area contributed by atoms with E-state index in [1.165, 1.54) is 7.05 Å². The number of likely N-dealkylation sites (N-methyl/N-ethyl adjacent to an activating group) is 1. The number of nitrogens with two attached hydrogens (primary N) is 1. The number of hydrogen-bond donors (Lipinski definition) is 3. The molecule has 0 saturated carbocycles. The van der Waals surface area contributed by atoms with Crippen LogP contribution in [-0.4, -0.2) is 49.6 Å². The molecule has 0 aliphatic rings. The van der Waals surface area contributed by atoms with Crippen LogP contribution >= 0.6 is 0 Å². The zero-order valence-electron chi connectivity index (χ0n) is 9.70. The fourth-order valence-corrected chi connectivity index (χ4v) is 1.09. The minimum absolute atomic E-state index is 0.00903. The Balaban J connectivity index is 4.13. The number of nitrogens with one attached hydrogen (secondary N) is 2. The summed E-state index contributed by atoms with van der Waals surface area (Å²) in [4.78, 5) is 24.2. The SMILES string of the molecule is CNC(=O)NC(=O)C(C)N(C)CC(C)N. The predicted molar refractivity (Wildman–Crippen MR) is 58.3 cm³/mol. The van der Waals surface area contributed by atoms with Crippen molar-refractivity contribution in [1.29, 1.82) is 0 Å². The van der Waals surface area contributed by atoms with Gasteiger partial charge in [0.1, 0.15) is 0 Å². The van der Waals surface area contributed by atoms with E-state index in [-0.39, 0.29) is 18.0 Å². The second-order valence-corrected chi connectivity index (χ2v) is 3.66. The zero-order valence-corrected chi connectivity index (χ0v) is 9.70. The zero-order chi connectivity index (χ0) is 12.0. The van der Waals surface area contributed by atoms with Gasteiger partial charge in [0.05, 0.1) is 6.04 Å². The van der Waals surface area contributed by atoms with Crippen molar-refractivity contribution in [3.05, 3.63) is 0 Å². The summed E-state index contributed by atoms with van der Waals surface area (Å²) < 4.78 is 0. The molecule has 4 N–H and O–H groups in total. The van der Waals surface area contributed by atoms with Crippen LogP contribution in [-0.2, 0) is 4.79 Å². The number of carbonyl (C=O) groups is 2. The van der Waals surface area contributed by atoms with Crippen LogP contribution in [0.2, 0.25) is 0 Å². The van der Waals surface area contributed by atoms with E-state index in [0.29, 0.717) is 6.54 Å². The van der Waals surface area contributed by atoms with Crippen molar-refractivity contribution in [1.82, 2.24) is 15.5 Å². The highest BCUT2D eigenvalue weighted by atomic mass is 16.2. The van der Waals surface area contributed by atoms with Gasteiger partial charge in [-0.2, -0.15) is 0 Å². The molecule has 2 atom stereocenters.